The highest BCUT2D eigenvalue weighted by Crippen LogP contribution is 2.35. The van der Waals surface area contributed by atoms with Crippen molar-refractivity contribution >= 4 is 49.9 Å². The van der Waals surface area contributed by atoms with Crippen molar-refractivity contribution in [3.63, 3.8) is 0 Å². The predicted molar refractivity (Wildman–Crippen MR) is 131 cm³/mol. The average molecular weight is 489 g/mol. The molecule has 1 aromatic heterocycles. The predicted octanol–water partition coefficient (Wildman–Crippen LogP) is 4.84. The van der Waals surface area contributed by atoms with Gasteiger partial charge in [0.25, 0.3) is 11.6 Å². The molecule has 0 radical (unpaired) electrons. The van der Waals surface area contributed by atoms with Crippen LogP contribution in [-0.2, 0) is 4.74 Å². The first-order valence-electron chi connectivity index (χ1n) is 10.8. The Hall–Kier alpha value is -2.59. The van der Waals surface area contributed by atoms with Crippen molar-refractivity contribution in [3.8, 4) is 0 Å². The number of anilines is 1. The zero-order chi connectivity index (χ0) is 23.5. The second-order valence-corrected chi connectivity index (χ2v) is 9.40. The molecule has 33 heavy (non-hydrogen) atoms. The van der Waals surface area contributed by atoms with E-state index in [-0.39, 0.29) is 11.6 Å². The number of rotatable bonds is 7. The van der Waals surface area contributed by atoms with Crippen LogP contribution in [0.3, 0.4) is 0 Å². The van der Waals surface area contributed by atoms with Gasteiger partial charge in [0.05, 0.1) is 28.4 Å². The van der Waals surface area contributed by atoms with E-state index in [1.54, 1.807) is 24.0 Å². The van der Waals surface area contributed by atoms with Gasteiger partial charge in [-0.3, -0.25) is 24.7 Å². The Kier molecular flexibility index (Phi) is 7.23. The van der Waals surface area contributed by atoms with E-state index in [1.165, 1.54) is 17.4 Å². The summed E-state index contributed by atoms with van der Waals surface area (Å²) in [4.78, 5) is 33.3. The fourth-order valence-corrected chi connectivity index (χ4v) is 5.17. The lowest BCUT2D eigenvalue weighted by atomic mass is 10.1. The maximum absolute atomic E-state index is 13.7. The third kappa shape index (κ3) is 5.01. The number of ether oxygens (including phenoxy) is 1. The Bertz CT molecular complexity index is 1190. The summed E-state index contributed by atoms with van der Waals surface area (Å²) >= 11 is 7.70. The maximum atomic E-state index is 13.7. The molecule has 1 aliphatic heterocycles. The second kappa shape index (κ2) is 10.1. The number of carbonyl (C=O) groups excluding carboxylic acids is 1. The molecule has 4 rings (SSSR count). The number of nitrogens with zero attached hydrogens (tertiary/aromatic N) is 4. The normalized spacial score (nSPS) is 14.5. The number of fused-ring (bicyclic) bond motifs is 1. The highest BCUT2D eigenvalue weighted by atomic mass is 35.5. The molecule has 1 fully saturated rings. The van der Waals surface area contributed by atoms with E-state index in [0.717, 1.165) is 41.8 Å². The molecule has 0 saturated carbocycles. The summed E-state index contributed by atoms with van der Waals surface area (Å²) in [6.07, 6.45) is 0.745. The van der Waals surface area contributed by atoms with E-state index in [4.69, 9.17) is 21.3 Å². The minimum Gasteiger partial charge on any atom is -0.379 e. The largest absolute Gasteiger partial charge is 0.379 e. The Morgan fingerprint density at radius 1 is 1.24 bits per heavy atom. The molecule has 2 heterocycles. The van der Waals surface area contributed by atoms with Crippen molar-refractivity contribution in [1.82, 2.24) is 9.88 Å². The highest BCUT2D eigenvalue weighted by Gasteiger charge is 2.26. The molecule has 1 amide bonds. The van der Waals surface area contributed by atoms with Crippen molar-refractivity contribution in [2.45, 2.75) is 20.3 Å². The number of hydrogen-bond donors (Lipinski definition) is 0. The van der Waals surface area contributed by atoms with E-state index < -0.39 is 4.92 Å². The van der Waals surface area contributed by atoms with Gasteiger partial charge in [0, 0.05) is 48.4 Å². The second-order valence-electron chi connectivity index (χ2n) is 7.99. The summed E-state index contributed by atoms with van der Waals surface area (Å²) in [5.41, 5.74) is 2.23. The minimum atomic E-state index is -0.460. The zero-order valence-corrected chi connectivity index (χ0v) is 20.1. The van der Waals surface area contributed by atoms with Crippen LogP contribution in [-0.4, -0.2) is 60.1 Å². The summed E-state index contributed by atoms with van der Waals surface area (Å²) in [7, 11) is 0. The molecule has 0 spiro atoms. The molecular weight excluding hydrogens is 464 g/mol. The number of halogens is 1. The van der Waals surface area contributed by atoms with Crippen LogP contribution >= 0.6 is 22.9 Å². The lowest BCUT2D eigenvalue weighted by molar-refractivity contribution is -0.385. The smallest absolute Gasteiger partial charge is 0.273 e. The molecule has 2 aromatic carbocycles. The standard InChI is InChI=1S/C23H25ClN4O4S/c1-15-17(5-3-6-19(15)28(30)31)22(29)27(10-4-9-26-11-13-32-14-12-26)23-25-21-16(2)18(24)7-8-20(21)33-23/h3,5-8H,4,9-14H2,1-2H3. The first kappa shape index (κ1) is 23.6. The Labute approximate surface area is 200 Å². The van der Waals surface area contributed by atoms with Gasteiger partial charge < -0.3 is 4.74 Å². The van der Waals surface area contributed by atoms with Gasteiger partial charge in [-0.05, 0) is 44.0 Å². The Balaban J connectivity index is 1.67. The van der Waals surface area contributed by atoms with E-state index in [0.29, 0.717) is 41.0 Å². The molecule has 0 bridgehead atoms. The number of nitro benzene ring substituents is 1. The molecule has 0 N–H and O–H groups in total. The number of carbonyl (C=O) groups is 1. The molecule has 1 saturated heterocycles. The zero-order valence-electron chi connectivity index (χ0n) is 18.5. The third-order valence-corrected chi connectivity index (χ3v) is 7.36. The van der Waals surface area contributed by atoms with Gasteiger partial charge in [0.2, 0.25) is 0 Å². The number of aromatic nitrogens is 1. The molecule has 0 unspecified atom stereocenters. The SMILES string of the molecule is Cc1c(C(=O)N(CCCN2CCOCC2)c2nc3c(C)c(Cl)ccc3s2)cccc1[N+](=O)[O-]. The van der Waals surface area contributed by atoms with Crippen molar-refractivity contribution in [2.75, 3.05) is 44.3 Å². The van der Waals surface area contributed by atoms with Crippen molar-refractivity contribution < 1.29 is 14.5 Å². The van der Waals surface area contributed by atoms with E-state index in [9.17, 15) is 14.9 Å². The van der Waals surface area contributed by atoms with Crippen LogP contribution in [0.25, 0.3) is 10.2 Å². The van der Waals surface area contributed by atoms with Crippen LogP contribution in [0.15, 0.2) is 30.3 Å². The highest BCUT2D eigenvalue weighted by molar-refractivity contribution is 7.22. The lowest BCUT2D eigenvalue weighted by Crippen LogP contribution is -2.39. The van der Waals surface area contributed by atoms with Gasteiger partial charge in [-0.1, -0.05) is 29.0 Å². The third-order valence-electron chi connectivity index (χ3n) is 5.90. The fourth-order valence-electron chi connectivity index (χ4n) is 3.96. The number of benzene rings is 2. The van der Waals surface area contributed by atoms with Gasteiger partial charge in [-0.2, -0.15) is 0 Å². The van der Waals surface area contributed by atoms with E-state index in [1.807, 2.05) is 19.1 Å². The van der Waals surface area contributed by atoms with Crippen LogP contribution in [0.5, 0.6) is 0 Å². The first-order valence-corrected chi connectivity index (χ1v) is 12.0. The lowest BCUT2D eigenvalue weighted by Gasteiger charge is -2.28. The fraction of sp³-hybridized carbons (Fsp3) is 0.391. The molecule has 1 aliphatic rings. The maximum Gasteiger partial charge on any atom is 0.273 e. The first-order chi connectivity index (χ1) is 15.9. The van der Waals surface area contributed by atoms with Gasteiger partial charge in [-0.25, -0.2) is 4.98 Å². The molecule has 10 heteroatoms. The van der Waals surface area contributed by atoms with Gasteiger partial charge in [0.15, 0.2) is 5.13 Å². The summed E-state index contributed by atoms with van der Waals surface area (Å²) in [5, 5.41) is 12.6. The number of morpholine rings is 1. The average Bonchev–Trinajstić information content (AvgIpc) is 3.24. The van der Waals surface area contributed by atoms with Crippen LogP contribution in [0, 0.1) is 24.0 Å². The van der Waals surface area contributed by atoms with Gasteiger partial charge in [-0.15, -0.1) is 0 Å². The Morgan fingerprint density at radius 2 is 2.00 bits per heavy atom. The molecule has 0 atom stereocenters. The quantitative estimate of drug-likeness (QED) is 0.349. The van der Waals surface area contributed by atoms with Crippen molar-refractivity contribution in [1.29, 1.82) is 0 Å². The molecular formula is C23H25ClN4O4S. The summed E-state index contributed by atoms with van der Waals surface area (Å²) < 4.78 is 6.35. The van der Waals surface area contributed by atoms with Crippen LogP contribution in [0.4, 0.5) is 10.8 Å². The van der Waals surface area contributed by atoms with E-state index in [2.05, 4.69) is 4.90 Å². The number of amides is 1. The number of aryl methyl sites for hydroxylation is 1. The van der Waals surface area contributed by atoms with Crippen molar-refractivity contribution in [2.24, 2.45) is 0 Å². The van der Waals surface area contributed by atoms with Crippen LogP contribution in [0.2, 0.25) is 5.02 Å². The number of hydrogen-bond acceptors (Lipinski definition) is 7. The molecule has 0 aliphatic carbocycles. The van der Waals surface area contributed by atoms with E-state index >= 15 is 0 Å². The number of thiazole rings is 1. The monoisotopic (exact) mass is 488 g/mol. The molecule has 3 aromatic rings. The molecule has 174 valence electrons. The summed E-state index contributed by atoms with van der Waals surface area (Å²) in [6.45, 7) is 7.97. The van der Waals surface area contributed by atoms with Crippen LogP contribution in [0.1, 0.15) is 27.9 Å². The summed E-state index contributed by atoms with van der Waals surface area (Å²) in [5.74, 6) is -0.291. The Morgan fingerprint density at radius 3 is 2.73 bits per heavy atom. The molecule has 8 nitrogen and oxygen atoms in total. The van der Waals surface area contributed by atoms with Crippen molar-refractivity contribution in [3.05, 3.63) is 62.2 Å². The van der Waals surface area contributed by atoms with Crippen LogP contribution < -0.4 is 4.90 Å². The summed E-state index contributed by atoms with van der Waals surface area (Å²) in [6, 6.07) is 8.33. The topological polar surface area (TPSA) is 88.8 Å². The number of nitro groups is 1. The minimum absolute atomic E-state index is 0.0685. The van der Waals surface area contributed by atoms with Gasteiger partial charge >= 0.3 is 0 Å². The van der Waals surface area contributed by atoms with Gasteiger partial charge in [0.1, 0.15) is 0 Å².